The molecule has 0 aliphatic rings. The fourth-order valence-electron chi connectivity index (χ4n) is 2.00. The van der Waals surface area contributed by atoms with E-state index >= 15 is 0 Å². The van der Waals surface area contributed by atoms with E-state index < -0.39 is 0 Å². The Kier molecular flexibility index (Phi) is 4.42. The maximum absolute atomic E-state index is 11.9. The number of benzene rings is 1. The molecule has 1 aromatic carbocycles. The van der Waals surface area contributed by atoms with Crippen LogP contribution in [0.25, 0.3) is 0 Å². The van der Waals surface area contributed by atoms with Crippen molar-refractivity contribution in [2.45, 2.75) is 20.8 Å². The first-order valence-electron chi connectivity index (χ1n) is 6.56. The van der Waals surface area contributed by atoms with Gasteiger partial charge in [-0.2, -0.15) is 0 Å². The van der Waals surface area contributed by atoms with E-state index in [1.165, 1.54) is 12.3 Å². The Bertz CT molecular complexity index is 698. The van der Waals surface area contributed by atoms with Crippen LogP contribution in [0, 0.1) is 20.8 Å². The summed E-state index contributed by atoms with van der Waals surface area (Å²) in [5.74, 6) is 0.0894. The third-order valence-corrected chi connectivity index (χ3v) is 3.10. The van der Waals surface area contributed by atoms with Gasteiger partial charge in [0, 0.05) is 11.8 Å². The highest BCUT2D eigenvalue weighted by molar-refractivity contribution is 5.93. The van der Waals surface area contributed by atoms with Crippen molar-refractivity contribution >= 4 is 11.6 Å². The van der Waals surface area contributed by atoms with Crippen molar-refractivity contribution in [2.75, 3.05) is 11.9 Å². The minimum atomic E-state index is -0.324. The standard InChI is InChI=1S/C16H17NO4/c1-10-5-4-6-11(2)15(10)17-14(19)9-21-16-12(3)20-8-7-13(16)18/h4-8H,9H2,1-3H3,(H,17,19). The zero-order valence-corrected chi connectivity index (χ0v) is 12.2. The lowest BCUT2D eigenvalue weighted by molar-refractivity contribution is -0.118. The number of nitrogens with one attached hydrogen (secondary N) is 1. The average molecular weight is 287 g/mol. The third kappa shape index (κ3) is 3.51. The molecule has 5 nitrogen and oxygen atoms in total. The molecule has 2 rings (SSSR count). The third-order valence-electron chi connectivity index (χ3n) is 3.10. The van der Waals surface area contributed by atoms with E-state index in [1.807, 2.05) is 32.0 Å². The summed E-state index contributed by atoms with van der Waals surface area (Å²) in [5, 5.41) is 2.79. The van der Waals surface area contributed by atoms with Crippen molar-refractivity contribution in [3.63, 3.8) is 0 Å². The number of para-hydroxylation sites is 1. The maximum Gasteiger partial charge on any atom is 0.262 e. The van der Waals surface area contributed by atoms with Gasteiger partial charge in [0.15, 0.2) is 6.61 Å². The smallest absolute Gasteiger partial charge is 0.262 e. The largest absolute Gasteiger partial charge is 0.476 e. The van der Waals surface area contributed by atoms with Crippen molar-refractivity contribution in [3.8, 4) is 5.75 Å². The molecule has 0 aliphatic heterocycles. The molecule has 21 heavy (non-hydrogen) atoms. The lowest BCUT2D eigenvalue weighted by Crippen LogP contribution is -2.23. The summed E-state index contributed by atoms with van der Waals surface area (Å²) in [6.45, 7) is 5.20. The molecule has 0 saturated carbocycles. The number of rotatable bonds is 4. The Hall–Kier alpha value is -2.56. The lowest BCUT2D eigenvalue weighted by atomic mass is 10.1. The molecule has 0 saturated heterocycles. The summed E-state index contributed by atoms with van der Waals surface area (Å²) in [6, 6.07) is 7.01. The summed E-state index contributed by atoms with van der Waals surface area (Å²) in [6.07, 6.45) is 1.29. The summed E-state index contributed by atoms with van der Waals surface area (Å²) < 4.78 is 10.3. The summed E-state index contributed by atoms with van der Waals surface area (Å²) in [7, 11) is 0. The zero-order valence-electron chi connectivity index (χ0n) is 12.2. The summed E-state index contributed by atoms with van der Waals surface area (Å²) >= 11 is 0. The molecule has 0 unspecified atom stereocenters. The van der Waals surface area contributed by atoms with Crippen LogP contribution in [-0.4, -0.2) is 12.5 Å². The van der Waals surface area contributed by atoms with Gasteiger partial charge in [0.05, 0.1) is 6.26 Å². The van der Waals surface area contributed by atoms with E-state index in [1.54, 1.807) is 6.92 Å². The van der Waals surface area contributed by atoms with Crippen LogP contribution >= 0.6 is 0 Å². The van der Waals surface area contributed by atoms with Crippen LogP contribution in [-0.2, 0) is 4.79 Å². The fraction of sp³-hybridized carbons (Fsp3) is 0.250. The van der Waals surface area contributed by atoms with Crippen molar-refractivity contribution in [3.05, 3.63) is 57.6 Å². The molecule has 0 aliphatic carbocycles. The Labute approximate surface area is 122 Å². The molecule has 5 heteroatoms. The van der Waals surface area contributed by atoms with Gasteiger partial charge < -0.3 is 14.5 Å². The monoisotopic (exact) mass is 287 g/mol. The van der Waals surface area contributed by atoms with Gasteiger partial charge in [-0.05, 0) is 31.9 Å². The predicted molar refractivity (Wildman–Crippen MR) is 79.8 cm³/mol. The number of ether oxygens (including phenoxy) is 1. The van der Waals surface area contributed by atoms with Crippen molar-refractivity contribution < 1.29 is 13.9 Å². The fourth-order valence-corrected chi connectivity index (χ4v) is 2.00. The van der Waals surface area contributed by atoms with E-state index in [-0.39, 0.29) is 23.7 Å². The molecule has 0 atom stereocenters. The summed E-state index contributed by atoms with van der Waals surface area (Å²) in [4.78, 5) is 23.5. The predicted octanol–water partition coefficient (Wildman–Crippen LogP) is 2.58. The SMILES string of the molecule is Cc1cccc(C)c1NC(=O)COc1c(C)occc1=O. The molecule has 1 N–H and O–H groups in total. The first-order chi connectivity index (χ1) is 9.99. The first-order valence-corrected chi connectivity index (χ1v) is 6.56. The van der Waals surface area contributed by atoms with Gasteiger partial charge in [-0.3, -0.25) is 9.59 Å². The highest BCUT2D eigenvalue weighted by Crippen LogP contribution is 2.19. The number of hydrogen-bond acceptors (Lipinski definition) is 4. The average Bonchev–Trinajstić information content (AvgIpc) is 2.42. The number of carbonyl (C=O) groups is 1. The van der Waals surface area contributed by atoms with Crippen LogP contribution < -0.4 is 15.5 Å². The molecule has 1 amide bonds. The molecule has 1 heterocycles. The molecule has 0 fully saturated rings. The van der Waals surface area contributed by atoms with E-state index in [0.717, 1.165) is 16.8 Å². The highest BCUT2D eigenvalue weighted by Gasteiger charge is 2.11. The molecular formula is C16H17NO4. The number of carbonyl (C=O) groups excluding carboxylic acids is 1. The molecule has 1 aromatic heterocycles. The molecule has 2 aromatic rings. The minimum Gasteiger partial charge on any atom is -0.476 e. The van der Waals surface area contributed by atoms with Gasteiger partial charge in [0.25, 0.3) is 5.91 Å². The van der Waals surface area contributed by atoms with E-state index in [2.05, 4.69) is 5.32 Å². The Morgan fingerprint density at radius 2 is 1.86 bits per heavy atom. The van der Waals surface area contributed by atoms with Crippen LogP contribution in [0.15, 0.2) is 39.7 Å². The van der Waals surface area contributed by atoms with Crippen LogP contribution in [0.1, 0.15) is 16.9 Å². The highest BCUT2D eigenvalue weighted by atomic mass is 16.5. The Morgan fingerprint density at radius 3 is 2.48 bits per heavy atom. The number of anilines is 1. The minimum absolute atomic E-state index is 0.0640. The van der Waals surface area contributed by atoms with Crippen LogP contribution in [0.4, 0.5) is 5.69 Å². The molecule has 0 spiro atoms. The van der Waals surface area contributed by atoms with Crippen LogP contribution in [0.5, 0.6) is 5.75 Å². The first kappa shape index (κ1) is 14.8. The molecular weight excluding hydrogens is 270 g/mol. The maximum atomic E-state index is 11.9. The van der Waals surface area contributed by atoms with Gasteiger partial charge in [-0.1, -0.05) is 18.2 Å². The summed E-state index contributed by atoms with van der Waals surface area (Å²) in [5.41, 5.74) is 2.40. The normalized spacial score (nSPS) is 10.2. The number of aryl methyl sites for hydroxylation is 3. The van der Waals surface area contributed by atoms with Gasteiger partial charge in [-0.25, -0.2) is 0 Å². The Balaban J connectivity index is 2.05. The van der Waals surface area contributed by atoms with Crippen LogP contribution in [0.2, 0.25) is 0 Å². The number of amides is 1. The lowest BCUT2D eigenvalue weighted by Gasteiger charge is -2.12. The van der Waals surface area contributed by atoms with Crippen LogP contribution in [0.3, 0.4) is 0 Å². The van der Waals surface area contributed by atoms with Crippen molar-refractivity contribution in [1.29, 1.82) is 0 Å². The van der Waals surface area contributed by atoms with Gasteiger partial charge in [0.1, 0.15) is 5.76 Å². The van der Waals surface area contributed by atoms with Crippen molar-refractivity contribution in [1.82, 2.24) is 0 Å². The van der Waals surface area contributed by atoms with Gasteiger partial charge in [0.2, 0.25) is 11.2 Å². The second-order valence-corrected chi connectivity index (χ2v) is 4.77. The van der Waals surface area contributed by atoms with Crippen molar-refractivity contribution in [2.24, 2.45) is 0 Å². The molecule has 110 valence electrons. The second kappa shape index (κ2) is 6.26. The Morgan fingerprint density at radius 1 is 1.19 bits per heavy atom. The second-order valence-electron chi connectivity index (χ2n) is 4.77. The van der Waals surface area contributed by atoms with E-state index in [9.17, 15) is 9.59 Å². The van der Waals surface area contributed by atoms with Gasteiger partial charge >= 0.3 is 0 Å². The number of hydrogen-bond donors (Lipinski definition) is 1. The quantitative estimate of drug-likeness (QED) is 0.938. The molecule has 0 radical (unpaired) electrons. The van der Waals surface area contributed by atoms with Gasteiger partial charge in [-0.15, -0.1) is 0 Å². The van der Waals surface area contributed by atoms with E-state index in [0.29, 0.717) is 5.76 Å². The topological polar surface area (TPSA) is 68.5 Å². The zero-order chi connectivity index (χ0) is 15.4. The molecule has 0 bridgehead atoms. The van der Waals surface area contributed by atoms with E-state index in [4.69, 9.17) is 9.15 Å².